The maximum atomic E-state index is 12.5. The Morgan fingerprint density at radius 2 is 1.81 bits per heavy atom. The van der Waals surface area contributed by atoms with Gasteiger partial charge in [-0.15, -0.1) is 0 Å². The number of rotatable bonds is 8. The number of benzene rings is 1. The number of amides is 2. The lowest BCUT2D eigenvalue weighted by Gasteiger charge is -2.27. The van der Waals surface area contributed by atoms with Crippen LogP contribution in [0.15, 0.2) is 30.3 Å². The number of nitrogens with one attached hydrogen (secondary N) is 1. The smallest absolute Gasteiger partial charge is 0.425 e. The van der Waals surface area contributed by atoms with E-state index >= 15 is 0 Å². The summed E-state index contributed by atoms with van der Waals surface area (Å²) in [6.45, 7) is 5.49. The van der Waals surface area contributed by atoms with Gasteiger partial charge in [0.25, 0.3) is 0 Å². The van der Waals surface area contributed by atoms with E-state index in [1.54, 1.807) is 20.8 Å². The number of methoxy groups -OCH3 is 1. The standard InChI is InChI=1S/C18H26N2O6/c1-5-25-15(17(22)26-12-14-9-7-6-8-10-14)11-16(21)20(13(2)3)19-18(23)24-4/h6-10,13,15H,5,11-12H2,1-4H3,(H,19,23)/t15-/m1/s1. The Morgan fingerprint density at radius 3 is 2.35 bits per heavy atom. The number of hydrazine groups is 1. The van der Waals surface area contributed by atoms with Gasteiger partial charge in [0.15, 0.2) is 6.10 Å². The van der Waals surface area contributed by atoms with Crippen molar-refractivity contribution in [2.24, 2.45) is 0 Å². The Hall–Kier alpha value is -2.61. The Kier molecular flexibility index (Phi) is 9.14. The van der Waals surface area contributed by atoms with Crippen molar-refractivity contribution in [2.45, 2.75) is 45.9 Å². The number of ether oxygens (including phenoxy) is 3. The fourth-order valence-corrected chi connectivity index (χ4v) is 2.11. The van der Waals surface area contributed by atoms with Crippen molar-refractivity contribution < 1.29 is 28.6 Å². The highest BCUT2D eigenvalue weighted by Crippen LogP contribution is 2.09. The highest BCUT2D eigenvalue weighted by molar-refractivity contribution is 5.85. The van der Waals surface area contributed by atoms with E-state index in [4.69, 9.17) is 9.47 Å². The highest BCUT2D eigenvalue weighted by atomic mass is 16.6. The van der Waals surface area contributed by atoms with Crippen LogP contribution in [0, 0.1) is 0 Å². The normalized spacial score (nSPS) is 11.6. The van der Waals surface area contributed by atoms with E-state index in [0.29, 0.717) is 0 Å². The maximum Gasteiger partial charge on any atom is 0.425 e. The zero-order valence-corrected chi connectivity index (χ0v) is 15.6. The van der Waals surface area contributed by atoms with Crippen molar-refractivity contribution >= 4 is 18.0 Å². The van der Waals surface area contributed by atoms with Crippen LogP contribution in [0.25, 0.3) is 0 Å². The van der Waals surface area contributed by atoms with Crippen molar-refractivity contribution in [3.05, 3.63) is 35.9 Å². The lowest BCUT2D eigenvalue weighted by Crippen LogP contribution is -2.51. The van der Waals surface area contributed by atoms with Crippen LogP contribution in [-0.4, -0.2) is 48.8 Å². The van der Waals surface area contributed by atoms with E-state index in [1.165, 1.54) is 7.11 Å². The van der Waals surface area contributed by atoms with Crippen LogP contribution in [0.5, 0.6) is 0 Å². The van der Waals surface area contributed by atoms with Crippen LogP contribution < -0.4 is 5.43 Å². The average molecular weight is 366 g/mol. The molecule has 0 aromatic heterocycles. The van der Waals surface area contributed by atoms with E-state index in [0.717, 1.165) is 10.6 Å². The first kappa shape index (κ1) is 21.4. The van der Waals surface area contributed by atoms with E-state index in [-0.39, 0.29) is 25.7 Å². The first-order chi connectivity index (χ1) is 12.4. The summed E-state index contributed by atoms with van der Waals surface area (Å²) in [5.74, 6) is -1.12. The van der Waals surface area contributed by atoms with E-state index in [1.807, 2.05) is 30.3 Å². The van der Waals surface area contributed by atoms with Crippen LogP contribution in [-0.2, 0) is 30.4 Å². The second-order valence-electron chi connectivity index (χ2n) is 5.70. The predicted molar refractivity (Wildman–Crippen MR) is 93.8 cm³/mol. The number of nitrogens with zero attached hydrogens (tertiary/aromatic N) is 1. The van der Waals surface area contributed by atoms with E-state index < -0.39 is 24.1 Å². The molecule has 1 rings (SSSR count). The third kappa shape index (κ3) is 7.10. The summed E-state index contributed by atoms with van der Waals surface area (Å²) >= 11 is 0. The van der Waals surface area contributed by atoms with Crippen molar-refractivity contribution in [2.75, 3.05) is 13.7 Å². The number of carbonyl (C=O) groups is 3. The minimum atomic E-state index is -1.06. The SMILES string of the molecule is CCO[C@H](CC(=O)N(NC(=O)OC)C(C)C)C(=O)OCc1ccccc1. The molecular formula is C18H26N2O6. The molecule has 0 aliphatic rings. The summed E-state index contributed by atoms with van der Waals surface area (Å²) in [7, 11) is 1.20. The zero-order valence-electron chi connectivity index (χ0n) is 15.6. The number of esters is 1. The summed E-state index contributed by atoms with van der Waals surface area (Å²) in [6.07, 6.45) is -2.09. The van der Waals surface area contributed by atoms with Gasteiger partial charge in [-0.2, -0.15) is 0 Å². The summed E-state index contributed by atoms with van der Waals surface area (Å²) in [5, 5.41) is 1.10. The van der Waals surface area contributed by atoms with Crippen molar-refractivity contribution in [3.63, 3.8) is 0 Å². The van der Waals surface area contributed by atoms with Gasteiger partial charge < -0.3 is 14.2 Å². The molecule has 0 heterocycles. The Labute approximate surface area is 153 Å². The number of carbonyl (C=O) groups excluding carboxylic acids is 3. The summed E-state index contributed by atoms with van der Waals surface area (Å²) in [6, 6.07) is 8.87. The minimum Gasteiger partial charge on any atom is -0.459 e. The third-order valence-electron chi connectivity index (χ3n) is 3.40. The molecule has 0 fully saturated rings. The molecule has 0 spiro atoms. The Balaban J connectivity index is 2.70. The zero-order chi connectivity index (χ0) is 19.5. The molecule has 0 saturated heterocycles. The molecule has 0 aliphatic carbocycles. The van der Waals surface area contributed by atoms with Gasteiger partial charge in [-0.05, 0) is 26.3 Å². The first-order valence-electron chi connectivity index (χ1n) is 8.37. The van der Waals surface area contributed by atoms with Gasteiger partial charge in [0.2, 0.25) is 5.91 Å². The molecule has 8 nitrogen and oxygen atoms in total. The topological polar surface area (TPSA) is 94.2 Å². The van der Waals surface area contributed by atoms with E-state index in [9.17, 15) is 14.4 Å². The van der Waals surface area contributed by atoms with Crippen LogP contribution >= 0.6 is 0 Å². The molecule has 1 atom stereocenters. The highest BCUT2D eigenvalue weighted by Gasteiger charge is 2.28. The summed E-state index contributed by atoms with van der Waals surface area (Å²) in [4.78, 5) is 36.1. The molecule has 8 heteroatoms. The molecule has 2 amide bonds. The maximum absolute atomic E-state index is 12.5. The summed E-state index contributed by atoms with van der Waals surface area (Å²) in [5.41, 5.74) is 3.16. The van der Waals surface area contributed by atoms with Gasteiger partial charge in [-0.25, -0.2) is 20.0 Å². The van der Waals surface area contributed by atoms with Gasteiger partial charge in [-0.3, -0.25) is 4.79 Å². The molecule has 1 aromatic carbocycles. The summed E-state index contributed by atoms with van der Waals surface area (Å²) < 4.78 is 15.1. The number of hydrogen-bond acceptors (Lipinski definition) is 6. The lowest BCUT2D eigenvalue weighted by molar-refractivity contribution is -0.162. The predicted octanol–water partition coefficient (Wildman–Crippen LogP) is 2.03. The van der Waals surface area contributed by atoms with Crippen LogP contribution in [0.2, 0.25) is 0 Å². The lowest BCUT2D eigenvalue weighted by atomic mass is 10.2. The molecule has 0 aliphatic heterocycles. The first-order valence-corrected chi connectivity index (χ1v) is 8.37. The second kappa shape index (κ2) is 11.1. The van der Waals surface area contributed by atoms with Gasteiger partial charge in [0.05, 0.1) is 13.5 Å². The van der Waals surface area contributed by atoms with Crippen LogP contribution in [0.1, 0.15) is 32.8 Å². The fourth-order valence-electron chi connectivity index (χ4n) is 2.11. The molecule has 144 valence electrons. The molecule has 26 heavy (non-hydrogen) atoms. The van der Waals surface area contributed by atoms with Crippen molar-refractivity contribution in [1.29, 1.82) is 0 Å². The van der Waals surface area contributed by atoms with Gasteiger partial charge in [0, 0.05) is 12.6 Å². The largest absolute Gasteiger partial charge is 0.459 e. The van der Waals surface area contributed by atoms with Crippen molar-refractivity contribution in [3.8, 4) is 0 Å². The monoisotopic (exact) mass is 366 g/mol. The fraction of sp³-hybridized carbons (Fsp3) is 0.500. The van der Waals surface area contributed by atoms with Crippen LogP contribution in [0.3, 0.4) is 0 Å². The van der Waals surface area contributed by atoms with E-state index in [2.05, 4.69) is 10.2 Å². The Morgan fingerprint density at radius 1 is 1.15 bits per heavy atom. The molecule has 0 saturated carbocycles. The molecule has 0 bridgehead atoms. The quantitative estimate of drug-likeness (QED) is 0.559. The number of hydrogen-bond donors (Lipinski definition) is 1. The molecule has 1 aromatic rings. The molecule has 0 unspecified atom stereocenters. The molecular weight excluding hydrogens is 340 g/mol. The third-order valence-corrected chi connectivity index (χ3v) is 3.40. The average Bonchev–Trinajstić information content (AvgIpc) is 2.63. The Bertz CT molecular complexity index is 591. The van der Waals surface area contributed by atoms with Crippen molar-refractivity contribution in [1.82, 2.24) is 10.4 Å². The second-order valence-corrected chi connectivity index (χ2v) is 5.70. The van der Waals surface area contributed by atoms with Gasteiger partial charge >= 0.3 is 12.1 Å². The minimum absolute atomic E-state index is 0.0890. The van der Waals surface area contributed by atoms with Crippen LogP contribution in [0.4, 0.5) is 4.79 Å². The molecule has 1 N–H and O–H groups in total. The van der Waals surface area contributed by atoms with Gasteiger partial charge in [0.1, 0.15) is 6.61 Å². The molecule has 0 radical (unpaired) electrons. The van der Waals surface area contributed by atoms with Gasteiger partial charge in [-0.1, -0.05) is 30.3 Å².